The lowest BCUT2D eigenvalue weighted by Crippen LogP contribution is -2.29. The van der Waals surface area contributed by atoms with Gasteiger partial charge < -0.3 is 14.6 Å². The van der Waals surface area contributed by atoms with E-state index in [2.05, 4.69) is 5.18 Å². The molecule has 1 saturated heterocycles. The van der Waals surface area contributed by atoms with Crippen molar-refractivity contribution in [3.8, 4) is 5.75 Å². The highest BCUT2D eigenvalue weighted by atomic mass is 19.1. The average molecular weight is 227 g/mol. The van der Waals surface area contributed by atoms with Gasteiger partial charge in [-0.2, -0.15) is 0 Å². The summed E-state index contributed by atoms with van der Waals surface area (Å²) in [5.41, 5.74) is 0.000463. The molecule has 1 fully saturated rings. The van der Waals surface area contributed by atoms with Gasteiger partial charge in [0.2, 0.25) is 0 Å². The van der Waals surface area contributed by atoms with E-state index in [1.54, 1.807) is 0 Å². The Hall–Kier alpha value is -1.53. The second-order valence-corrected chi connectivity index (χ2v) is 3.46. The molecule has 1 aliphatic heterocycles. The average Bonchev–Trinajstić information content (AvgIpc) is 2.65. The Morgan fingerprint density at radius 1 is 1.50 bits per heavy atom. The highest BCUT2D eigenvalue weighted by molar-refractivity contribution is 5.51. The fraction of sp³-hybridized carbons (Fsp3) is 0.400. The van der Waals surface area contributed by atoms with Crippen LogP contribution in [0.25, 0.3) is 0 Å². The molecular weight excluding hydrogens is 217 g/mol. The number of halogens is 1. The molecule has 0 aliphatic carbocycles. The Morgan fingerprint density at radius 2 is 2.31 bits per heavy atom. The number of hydrogen-bond acceptors (Lipinski definition) is 5. The first-order valence-electron chi connectivity index (χ1n) is 4.76. The minimum Gasteiger partial charge on any atom is -0.483 e. The van der Waals surface area contributed by atoms with Crippen LogP contribution in [-0.2, 0) is 4.74 Å². The van der Waals surface area contributed by atoms with Gasteiger partial charge in [0, 0.05) is 6.07 Å². The molecule has 5 nitrogen and oxygen atoms in total. The van der Waals surface area contributed by atoms with Gasteiger partial charge in [-0.15, -0.1) is 4.91 Å². The fourth-order valence-electron chi connectivity index (χ4n) is 1.46. The molecule has 86 valence electrons. The number of aliphatic hydroxyl groups excluding tert-OH is 1. The molecule has 0 saturated carbocycles. The van der Waals surface area contributed by atoms with Crippen molar-refractivity contribution in [2.75, 3.05) is 13.2 Å². The molecule has 1 N–H and O–H groups in total. The zero-order valence-electron chi connectivity index (χ0n) is 8.30. The minimum atomic E-state index is -0.775. The summed E-state index contributed by atoms with van der Waals surface area (Å²) in [6, 6.07) is 3.40. The predicted octanol–water partition coefficient (Wildman–Crippen LogP) is 1.36. The van der Waals surface area contributed by atoms with Gasteiger partial charge in [-0.1, -0.05) is 0 Å². The number of nitroso groups, excluding NO2 is 1. The molecule has 1 aromatic carbocycles. The van der Waals surface area contributed by atoms with Gasteiger partial charge >= 0.3 is 0 Å². The van der Waals surface area contributed by atoms with Crippen molar-refractivity contribution in [3.05, 3.63) is 28.9 Å². The summed E-state index contributed by atoms with van der Waals surface area (Å²) in [4.78, 5) is 10.4. The van der Waals surface area contributed by atoms with E-state index in [-0.39, 0.29) is 24.7 Å². The van der Waals surface area contributed by atoms with Crippen LogP contribution in [0.3, 0.4) is 0 Å². The van der Waals surface area contributed by atoms with Gasteiger partial charge in [-0.25, -0.2) is 4.39 Å². The van der Waals surface area contributed by atoms with Gasteiger partial charge in [0.25, 0.3) is 0 Å². The van der Waals surface area contributed by atoms with Crippen molar-refractivity contribution in [3.63, 3.8) is 0 Å². The third-order valence-electron chi connectivity index (χ3n) is 2.30. The van der Waals surface area contributed by atoms with E-state index in [0.717, 1.165) is 12.1 Å². The zero-order valence-corrected chi connectivity index (χ0v) is 8.30. The molecule has 0 radical (unpaired) electrons. The summed E-state index contributed by atoms with van der Waals surface area (Å²) in [6.45, 7) is 0.375. The normalized spacial score (nSPS) is 24.4. The monoisotopic (exact) mass is 227 g/mol. The van der Waals surface area contributed by atoms with Crippen LogP contribution in [0, 0.1) is 10.7 Å². The number of hydrogen-bond donors (Lipinski definition) is 1. The highest BCUT2D eigenvalue weighted by Gasteiger charge is 2.28. The molecule has 0 bridgehead atoms. The lowest BCUT2D eigenvalue weighted by molar-refractivity contribution is 0.0735. The molecule has 2 atom stereocenters. The molecule has 0 spiro atoms. The van der Waals surface area contributed by atoms with E-state index in [1.807, 2.05) is 0 Å². The topological polar surface area (TPSA) is 68.1 Å². The van der Waals surface area contributed by atoms with E-state index in [9.17, 15) is 14.4 Å². The number of ether oxygens (including phenoxy) is 2. The second-order valence-electron chi connectivity index (χ2n) is 3.46. The number of rotatable bonds is 3. The van der Waals surface area contributed by atoms with Crippen LogP contribution in [0.1, 0.15) is 0 Å². The SMILES string of the molecule is O=Nc1ccc(F)cc1O[C@@H]1COC[C@H]1O. The Balaban J connectivity index is 2.19. The highest BCUT2D eigenvalue weighted by Crippen LogP contribution is 2.30. The largest absolute Gasteiger partial charge is 0.483 e. The lowest BCUT2D eigenvalue weighted by Gasteiger charge is -2.15. The van der Waals surface area contributed by atoms with Crippen LogP contribution in [0.2, 0.25) is 0 Å². The summed E-state index contributed by atoms with van der Waals surface area (Å²) in [7, 11) is 0. The van der Waals surface area contributed by atoms with E-state index < -0.39 is 18.0 Å². The lowest BCUT2D eigenvalue weighted by atomic mass is 10.2. The maximum absolute atomic E-state index is 12.9. The Labute approximate surface area is 90.8 Å². The maximum atomic E-state index is 12.9. The van der Waals surface area contributed by atoms with Crippen LogP contribution in [0.15, 0.2) is 23.4 Å². The van der Waals surface area contributed by atoms with Crippen LogP contribution in [-0.4, -0.2) is 30.5 Å². The third-order valence-corrected chi connectivity index (χ3v) is 2.30. The Bertz CT molecular complexity index is 398. The van der Waals surface area contributed by atoms with Gasteiger partial charge in [0.15, 0.2) is 11.9 Å². The smallest absolute Gasteiger partial charge is 0.152 e. The predicted molar refractivity (Wildman–Crippen MR) is 53.1 cm³/mol. The van der Waals surface area contributed by atoms with Gasteiger partial charge in [-0.3, -0.25) is 0 Å². The van der Waals surface area contributed by atoms with Crippen molar-refractivity contribution in [2.45, 2.75) is 12.2 Å². The van der Waals surface area contributed by atoms with Gasteiger partial charge in [0.1, 0.15) is 17.6 Å². The molecule has 16 heavy (non-hydrogen) atoms. The molecule has 1 heterocycles. The van der Waals surface area contributed by atoms with E-state index in [0.29, 0.717) is 0 Å². The second kappa shape index (κ2) is 4.54. The third kappa shape index (κ3) is 2.17. The zero-order chi connectivity index (χ0) is 11.5. The minimum absolute atomic E-state index is 0.000463. The summed E-state index contributed by atoms with van der Waals surface area (Å²) in [6.07, 6.45) is -1.37. The number of aliphatic hydroxyl groups is 1. The molecule has 1 aliphatic rings. The molecule has 0 aromatic heterocycles. The van der Waals surface area contributed by atoms with Crippen molar-refractivity contribution in [2.24, 2.45) is 5.18 Å². The molecule has 0 amide bonds. The number of nitrogens with zero attached hydrogens (tertiary/aromatic N) is 1. The van der Waals surface area contributed by atoms with Gasteiger partial charge in [0.05, 0.1) is 13.2 Å². The Morgan fingerprint density at radius 3 is 2.94 bits per heavy atom. The standard InChI is InChI=1S/C10H10FNO4/c11-6-1-2-7(12-14)9(3-6)16-10-5-15-4-8(10)13/h1-3,8,10,13H,4-5H2/t8-,10-/m1/s1. The molecule has 0 unspecified atom stereocenters. The van der Waals surface area contributed by atoms with Crippen molar-refractivity contribution in [1.82, 2.24) is 0 Å². The molecule has 2 rings (SSSR count). The van der Waals surface area contributed by atoms with Crippen molar-refractivity contribution in [1.29, 1.82) is 0 Å². The van der Waals surface area contributed by atoms with Crippen LogP contribution in [0.4, 0.5) is 10.1 Å². The fourth-order valence-corrected chi connectivity index (χ4v) is 1.46. The summed E-state index contributed by atoms with van der Waals surface area (Å²) >= 11 is 0. The first-order valence-corrected chi connectivity index (χ1v) is 4.76. The first kappa shape index (κ1) is 11.0. The van der Waals surface area contributed by atoms with E-state index in [4.69, 9.17) is 9.47 Å². The van der Waals surface area contributed by atoms with Crippen molar-refractivity contribution >= 4 is 5.69 Å². The molecule has 6 heteroatoms. The van der Waals surface area contributed by atoms with Crippen molar-refractivity contribution < 1.29 is 19.0 Å². The maximum Gasteiger partial charge on any atom is 0.152 e. The quantitative estimate of drug-likeness (QED) is 0.791. The first-order chi connectivity index (χ1) is 7.70. The van der Waals surface area contributed by atoms with E-state index in [1.165, 1.54) is 6.07 Å². The molecular formula is C10H10FNO4. The van der Waals surface area contributed by atoms with E-state index >= 15 is 0 Å². The van der Waals surface area contributed by atoms with Crippen LogP contribution in [0.5, 0.6) is 5.75 Å². The summed E-state index contributed by atoms with van der Waals surface area (Å²) in [5, 5.41) is 12.1. The number of benzene rings is 1. The molecule has 1 aromatic rings. The Kier molecular flexibility index (Phi) is 3.12. The van der Waals surface area contributed by atoms with Crippen LogP contribution < -0.4 is 4.74 Å². The summed E-state index contributed by atoms with van der Waals surface area (Å²) < 4.78 is 23.2. The van der Waals surface area contributed by atoms with Crippen LogP contribution >= 0.6 is 0 Å². The summed E-state index contributed by atoms with van der Waals surface area (Å²) in [5.74, 6) is -0.514. The van der Waals surface area contributed by atoms with Gasteiger partial charge in [-0.05, 0) is 17.3 Å².